The highest BCUT2D eigenvalue weighted by Crippen LogP contribution is 2.16. The lowest BCUT2D eigenvalue weighted by Crippen LogP contribution is -2.31. The van der Waals surface area contributed by atoms with Crippen LogP contribution in [0.5, 0.6) is 0 Å². The Balaban J connectivity index is 1.77. The van der Waals surface area contributed by atoms with Gasteiger partial charge in [0, 0.05) is 24.0 Å². The Bertz CT molecular complexity index is 762. The van der Waals surface area contributed by atoms with Crippen LogP contribution in [0.15, 0.2) is 35.3 Å². The van der Waals surface area contributed by atoms with E-state index in [2.05, 4.69) is 10.3 Å². The van der Waals surface area contributed by atoms with Crippen LogP contribution < -0.4 is 10.7 Å². The second kappa shape index (κ2) is 6.18. The van der Waals surface area contributed by atoms with Crippen molar-refractivity contribution in [3.8, 4) is 0 Å². The number of fused-ring (bicyclic) bond motifs is 1. The number of aromatic amines is 1. The summed E-state index contributed by atoms with van der Waals surface area (Å²) in [5, 5.41) is 2.83. The molecule has 3 rings (SSSR count). The van der Waals surface area contributed by atoms with Crippen LogP contribution in [0.2, 0.25) is 0 Å². The summed E-state index contributed by atoms with van der Waals surface area (Å²) in [5.74, 6) is -0.309. The van der Waals surface area contributed by atoms with E-state index in [4.69, 9.17) is 0 Å². The van der Waals surface area contributed by atoms with Crippen molar-refractivity contribution in [2.24, 2.45) is 0 Å². The summed E-state index contributed by atoms with van der Waals surface area (Å²) in [6, 6.07) is 7.96. The zero-order chi connectivity index (χ0) is 15.5. The smallest absolute Gasteiger partial charge is 0.257 e. The summed E-state index contributed by atoms with van der Waals surface area (Å²) in [6.45, 7) is 2.44. The van der Waals surface area contributed by atoms with E-state index in [0.717, 1.165) is 48.1 Å². The van der Waals surface area contributed by atoms with Gasteiger partial charge in [-0.1, -0.05) is 29.8 Å². The molecule has 4 heteroatoms. The van der Waals surface area contributed by atoms with Gasteiger partial charge < -0.3 is 10.3 Å². The van der Waals surface area contributed by atoms with Crippen molar-refractivity contribution in [2.75, 3.05) is 0 Å². The van der Waals surface area contributed by atoms with Gasteiger partial charge in [0.25, 0.3) is 5.91 Å². The molecule has 1 heterocycles. The molecule has 2 N–H and O–H groups in total. The number of carbonyl (C=O) groups excluding carboxylic acids is 1. The second-order valence-electron chi connectivity index (χ2n) is 5.87. The molecule has 0 bridgehead atoms. The van der Waals surface area contributed by atoms with Crippen LogP contribution in [0.1, 0.15) is 45.6 Å². The molecule has 4 nitrogen and oxygen atoms in total. The van der Waals surface area contributed by atoms with Gasteiger partial charge in [-0.3, -0.25) is 9.59 Å². The zero-order valence-corrected chi connectivity index (χ0v) is 12.7. The maximum absolute atomic E-state index is 12.4. The quantitative estimate of drug-likeness (QED) is 0.914. The Hall–Kier alpha value is -2.36. The molecule has 1 aliphatic carbocycles. The number of hydrogen-bond acceptors (Lipinski definition) is 2. The molecule has 114 valence electrons. The normalized spacial score (nSPS) is 13.5. The minimum Gasteiger partial charge on any atom is -0.364 e. The van der Waals surface area contributed by atoms with E-state index in [-0.39, 0.29) is 16.9 Å². The molecule has 0 aliphatic heterocycles. The Labute approximate surface area is 129 Å². The van der Waals surface area contributed by atoms with E-state index in [0.29, 0.717) is 6.54 Å². The fourth-order valence-electron chi connectivity index (χ4n) is 2.97. The number of carbonyl (C=O) groups is 1. The minimum atomic E-state index is -0.309. The van der Waals surface area contributed by atoms with Crippen molar-refractivity contribution in [1.29, 1.82) is 0 Å². The number of nitrogens with one attached hydrogen (secondary N) is 2. The summed E-state index contributed by atoms with van der Waals surface area (Å²) in [5.41, 5.74) is 4.06. The molecule has 0 spiro atoms. The molecular formula is C18H20N2O2. The Kier molecular flexibility index (Phi) is 4.09. The van der Waals surface area contributed by atoms with Crippen LogP contribution in [-0.4, -0.2) is 10.9 Å². The summed E-state index contributed by atoms with van der Waals surface area (Å²) in [7, 11) is 0. The van der Waals surface area contributed by atoms with Crippen molar-refractivity contribution in [2.45, 2.75) is 39.2 Å². The number of rotatable bonds is 3. The summed E-state index contributed by atoms with van der Waals surface area (Å²) >= 11 is 0. The van der Waals surface area contributed by atoms with Crippen molar-refractivity contribution >= 4 is 5.91 Å². The molecule has 2 aromatic rings. The molecular weight excluding hydrogens is 276 g/mol. The van der Waals surface area contributed by atoms with Crippen molar-refractivity contribution in [3.05, 3.63) is 68.6 Å². The average Bonchev–Trinajstić information content (AvgIpc) is 2.53. The molecule has 1 amide bonds. The molecule has 0 fully saturated rings. The van der Waals surface area contributed by atoms with Crippen molar-refractivity contribution < 1.29 is 4.79 Å². The van der Waals surface area contributed by atoms with Gasteiger partial charge in [-0.05, 0) is 38.2 Å². The van der Waals surface area contributed by atoms with Crippen LogP contribution >= 0.6 is 0 Å². The lowest BCUT2D eigenvalue weighted by Gasteiger charge is -2.15. The van der Waals surface area contributed by atoms with Gasteiger partial charge >= 0.3 is 0 Å². The minimum absolute atomic E-state index is 0.116. The fraction of sp³-hybridized carbons (Fsp3) is 0.333. The summed E-state index contributed by atoms with van der Waals surface area (Å²) in [6.07, 6.45) is 5.34. The van der Waals surface area contributed by atoms with Gasteiger partial charge in [-0.25, -0.2) is 0 Å². The molecule has 1 aromatic heterocycles. The lowest BCUT2D eigenvalue weighted by atomic mass is 9.94. The van der Waals surface area contributed by atoms with Gasteiger partial charge in [0.2, 0.25) is 0 Å². The number of aryl methyl sites for hydroxylation is 2. The van der Waals surface area contributed by atoms with E-state index in [1.165, 1.54) is 0 Å². The van der Waals surface area contributed by atoms with Gasteiger partial charge in [0.15, 0.2) is 5.43 Å². The predicted molar refractivity (Wildman–Crippen MR) is 86.1 cm³/mol. The van der Waals surface area contributed by atoms with Crippen molar-refractivity contribution in [3.63, 3.8) is 0 Å². The largest absolute Gasteiger partial charge is 0.364 e. The third kappa shape index (κ3) is 2.96. The first-order valence-electron chi connectivity index (χ1n) is 7.72. The van der Waals surface area contributed by atoms with Crippen LogP contribution in [0.4, 0.5) is 0 Å². The fourth-order valence-corrected chi connectivity index (χ4v) is 2.97. The first-order valence-corrected chi connectivity index (χ1v) is 7.72. The molecule has 0 saturated carbocycles. The van der Waals surface area contributed by atoms with Crippen molar-refractivity contribution in [1.82, 2.24) is 10.3 Å². The third-order valence-electron chi connectivity index (χ3n) is 4.16. The maximum Gasteiger partial charge on any atom is 0.257 e. The highest BCUT2D eigenvalue weighted by molar-refractivity contribution is 5.94. The zero-order valence-electron chi connectivity index (χ0n) is 12.7. The van der Waals surface area contributed by atoms with E-state index in [1.807, 2.05) is 31.2 Å². The summed E-state index contributed by atoms with van der Waals surface area (Å²) < 4.78 is 0. The van der Waals surface area contributed by atoms with Gasteiger partial charge in [0.05, 0.1) is 0 Å². The average molecular weight is 296 g/mol. The van der Waals surface area contributed by atoms with E-state index >= 15 is 0 Å². The summed E-state index contributed by atoms with van der Waals surface area (Å²) in [4.78, 5) is 27.8. The number of pyridine rings is 1. The molecule has 1 aliphatic rings. The maximum atomic E-state index is 12.4. The first-order chi connectivity index (χ1) is 10.6. The SMILES string of the molecule is Cc1cccc(CNC(=O)c2c[nH]c3c(c2=O)CCCC3)c1. The van der Waals surface area contributed by atoms with Crippen LogP contribution in [-0.2, 0) is 19.4 Å². The lowest BCUT2D eigenvalue weighted by molar-refractivity contribution is 0.0949. The third-order valence-corrected chi connectivity index (χ3v) is 4.16. The van der Waals surface area contributed by atoms with Gasteiger partial charge in [-0.15, -0.1) is 0 Å². The highest BCUT2D eigenvalue weighted by atomic mass is 16.2. The Morgan fingerprint density at radius 2 is 2.09 bits per heavy atom. The molecule has 0 atom stereocenters. The number of hydrogen-bond donors (Lipinski definition) is 2. The molecule has 0 saturated heterocycles. The topological polar surface area (TPSA) is 62.0 Å². The monoisotopic (exact) mass is 296 g/mol. The van der Waals surface area contributed by atoms with Gasteiger partial charge in [0.1, 0.15) is 5.56 Å². The van der Waals surface area contributed by atoms with Crippen LogP contribution in [0.25, 0.3) is 0 Å². The van der Waals surface area contributed by atoms with Crippen LogP contribution in [0, 0.1) is 6.92 Å². The first kappa shape index (κ1) is 14.6. The molecule has 0 unspecified atom stereocenters. The van der Waals surface area contributed by atoms with E-state index in [1.54, 1.807) is 6.20 Å². The standard InChI is InChI=1S/C18H20N2O2/c1-12-5-4-6-13(9-12)10-20-18(22)15-11-19-16-8-3-2-7-14(16)17(15)21/h4-6,9,11H,2-3,7-8,10H2,1H3,(H,19,21)(H,20,22). The Morgan fingerprint density at radius 1 is 1.27 bits per heavy atom. The number of benzene rings is 1. The molecule has 1 aromatic carbocycles. The van der Waals surface area contributed by atoms with Gasteiger partial charge in [-0.2, -0.15) is 0 Å². The van der Waals surface area contributed by atoms with Crippen LogP contribution in [0.3, 0.4) is 0 Å². The molecule has 0 radical (unpaired) electrons. The second-order valence-corrected chi connectivity index (χ2v) is 5.87. The Morgan fingerprint density at radius 3 is 2.91 bits per heavy atom. The predicted octanol–water partition coefficient (Wildman–Crippen LogP) is 2.49. The number of amides is 1. The number of H-pyrrole nitrogens is 1. The number of aromatic nitrogens is 1. The molecule has 22 heavy (non-hydrogen) atoms. The van der Waals surface area contributed by atoms with E-state index in [9.17, 15) is 9.59 Å². The van der Waals surface area contributed by atoms with E-state index < -0.39 is 0 Å². The highest BCUT2D eigenvalue weighted by Gasteiger charge is 2.18.